The molecule has 0 bridgehead atoms. The minimum atomic E-state index is 0.0361. The summed E-state index contributed by atoms with van der Waals surface area (Å²) in [6, 6.07) is 15.2. The Morgan fingerprint density at radius 2 is 1.84 bits per heavy atom. The molecule has 2 N–H and O–H groups in total. The SMILES string of the molecule is COc1ccc(CC(CO)c2ccccc2)cc1O. The van der Waals surface area contributed by atoms with Crippen LogP contribution in [0, 0.1) is 0 Å². The molecular weight excluding hydrogens is 240 g/mol. The lowest BCUT2D eigenvalue weighted by Gasteiger charge is -2.15. The van der Waals surface area contributed by atoms with Gasteiger partial charge < -0.3 is 14.9 Å². The Labute approximate surface area is 113 Å². The molecule has 0 aliphatic heterocycles. The Balaban J connectivity index is 2.17. The number of benzene rings is 2. The van der Waals surface area contributed by atoms with Crippen LogP contribution in [0.3, 0.4) is 0 Å². The first-order chi connectivity index (χ1) is 9.24. The van der Waals surface area contributed by atoms with Gasteiger partial charge in [0.2, 0.25) is 0 Å². The first-order valence-electron chi connectivity index (χ1n) is 6.26. The molecule has 3 nitrogen and oxygen atoms in total. The monoisotopic (exact) mass is 258 g/mol. The van der Waals surface area contributed by atoms with Crippen LogP contribution in [0.5, 0.6) is 11.5 Å². The summed E-state index contributed by atoms with van der Waals surface area (Å²) in [7, 11) is 1.52. The lowest BCUT2D eigenvalue weighted by molar-refractivity contribution is 0.264. The van der Waals surface area contributed by atoms with E-state index in [-0.39, 0.29) is 18.3 Å². The van der Waals surface area contributed by atoms with Gasteiger partial charge >= 0.3 is 0 Å². The third-order valence-electron chi connectivity index (χ3n) is 3.22. The maximum Gasteiger partial charge on any atom is 0.160 e. The van der Waals surface area contributed by atoms with Crippen molar-refractivity contribution < 1.29 is 14.9 Å². The third-order valence-corrected chi connectivity index (χ3v) is 3.22. The molecule has 0 aliphatic carbocycles. The predicted molar refractivity (Wildman–Crippen MR) is 74.6 cm³/mol. The van der Waals surface area contributed by atoms with Crippen LogP contribution in [-0.4, -0.2) is 23.9 Å². The number of ether oxygens (including phenoxy) is 1. The Morgan fingerprint density at radius 1 is 1.11 bits per heavy atom. The first-order valence-corrected chi connectivity index (χ1v) is 6.26. The van der Waals surface area contributed by atoms with Crippen molar-refractivity contribution in [2.24, 2.45) is 0 Å². The molecule has 2 rings (SSSR count). The van der Waals surface area contributed by atoms with Crippen LogP contribution < -0.4 is 4.74 Å². The van der Waals surface area contributed by atoms with E-state index < -0.39 is 0 Å². The minimum Gasteiger partial charge on any atom is -0.504 e. The Hall–Kier alpha value is -2.00. The lowest BCUT2D eigenvalue weighted by Crippen LogP contribution is -2.07. The summed E-state index contributed by atoms with van der Waals surface area (Å²) in [5, 5.41) is 19.3. The van der Waals surface area contributed by atoms with E-state index in [1.54, 1.807) is 12.1 Å². The normalized spacial score (nSPS) is 12.1. The van der Waals surface area contributed by atoms with Crippen LogP contribution in [0.15, 0.2) is 48.5 Å². The molecule has 0 saturated heterocycles. The number of aromatic hydroxyl groups is 1. The molecule has 2 aromatic carbocycles. The number of hydrogen-bond acceptors (Lipinski definition) is 3. The second-order valence-corrected chi connectivity index (χ2v) is 4.50. The average Bonchev–Trinajstić information content (AvgIpc) is 2.46. The van der Waals surface area contributed by atoms with Crippen LogP contribution >= 0.6 is 0 Å². The number of aliphatic hydroxyl groups excluding tert-OH is 1. The van der Waals surface area contributed by atoms with Gasteiger partial charge in [-0.05, 0) is 29.7 Å². The third kappa shape index (κ3) is 3.26. The Bertz CT molecular complexity index is 523. The smallest absolute Gasteiger partial charge is 0.160 e. The van der Waals surface area contributed by atoms with E-state index >= 15 is 0 Å². The van der Waals surface area contributed by atoms with Gasteiger partial charge in [0.05, 0.1) is 13.7 Å². The molecule has 100 valence electrons. The summed E-state index contributed by atoms with van der Waals surface area (Å²) in [6.07, 6.45) is 0.679. The topological polar surface area (TPSA) is 49.7 Å². The van der Waals surface area contributed by atoms with Crippen molar-refractivity contribution in [2.45, 2.75) is 12.3 Å². The molecule has 3 heteroatoms. The van der Waals surface area contributed by atoms with Gasteiger partial charge in [0.25, 0.3) is 0 Å². The summed E-state index contributed by atoms with van der Waals surface area (Å²) in [4.78, 5) is 0. The van der Waals surface area contributed by atoms with E-state index in [1.807, 2.05) is 36.4 Å². The Kier molecular flexibility index (Phi) is 4.42. The second kappa shape index (κ2) is 6.25. The van der Waals surface area contributed by atoms with Crippen LogP contribution in [0.2, 0.25) is 0 Å². The highest BCUT2D eigenvalue weighted by atomic mass is 16.5. The molecule has 19 heavy (non-hydrogen) atoms. The van der Waals surface area contributed by atoms with Gasteiger partial charge in [0, 0.05) is 5.92 Å². The van der Waals surface area contributed by atoms with Crippen LogP contribution in [-0.2, 0) is 6.42 Å². The van der Waals surface area contributed by atoms with E-state index in [4.69, 9.17) is 4.74 Å². The van der Waals surface area contributed by atoms with E-state index in [9.17, 15) is 10.2 Å². The van der Waals surface area contributed by atoms with E-state index in [2.05, 4.69) is 0 Å². The van der Waals surface area contributed by atoms with Crippen molar-refractivity contribution >= 4 is 0 Å². The number of rotatable bonds is 5. The summed E-state index contributed by atoms with van der Waals surface area (Å²) in [5.41, 5.74) is 2.07. The fourth-order valence-electron chi connectivity index (χ4n) is 2.16. The molecule has 2 aromatic rings. The summed E-state index contributed by atoms with van der Waals surface area (Å²) < 4.78 is 5.02. The average molecular weight is 258 g/mol. The fourth-order valence-corrected chi connectivity index (χ4v) is 2.16. The number of phenols is 1. The molecular formula is C16H18O3. The standard InChI is InChI=1S/C16H18O3/c1-19-16-8-7-12(10-15(16)18)9-14(11-17)13-5-3-2-4-6-13/h2-8,10,14,17-18H,9,11H2,1H3. The minimum absolute atomic E-state index is 0.0361. The highest BCUT2D eigenvalue weighted by molar-refractivity contribution is 5.42. The van der Waals surface area contributed by atoms with Crippen molar-refractivity contribution in [2.75, 3.05) is 13.7 Å². The number of aliphatic hydroxyl groups is 1. The lowest BCUT2D eigenvalue weighted by atomic mass is 9.92. The Morgan fingerprint density at radius 3 is 2.42 bits per heavy atom. The van der Waals surface area contributed by atoms with Gasteiger partial charge in [-0.25, -0.2) is 0 Å². The van der Waals surface area contributed by atoms with Crippen LogP contribution in [0.25, 0.3) is 0 Å². The highest BCUT2D eigenvalue weighted by Gasteiger charge is 2.12. The van der Waals surface area contributed by atoms with Crippen molar-refractivity contribution in [1.82, 2.24) is 0 Å². The van der Waals surface area contributed by atoms with Crippen molar-refractivity contribution in [1.29, 1.82) is 0 Å². The van der Waals surface area contributed by atoms with Gasteiger partial charge in [-0.2, -0.15) is 0 Å². The number of hydrogen-bond donors (Lipinski definition) is 2. The van der Waals surface area contributed by atoms with Crippen LogP contribution in [0.1, 0.15) is 17.0 Å². The van der Waals surface area contributed by atoms with Gasteiger partial charge in [-0.15, -0.1) is 0 Å². The van der Waals surface area contributed by atoms with Gasteiger partial charge in [-0.1, -0.05) is 36.4 Å². The molecule has 0 radical (unpaired) electrons. The summed E-state index contributed by atoms with van der Waals surface area (Å²) in [5.74, 6) is 0.628. The molecule has 0 aliphatic rings. The quantitative estimate of drug-likeness (QED) is 0.867. The molecule has 0 amide bonds. The van der Waals surface area contributed by atoms with Gasteiger partial charge in [0.1, 0.15) is 0 Å². The molecule has 0 spiro atoms. The predicted octanol–water partition coefficient (Wildman–Crippen LogP) is 2.72. The van der Waals surface area contributed by atoms with E-state index in [0.29, 0.717) is 12.2 Å². The fraction of sp³-hybridized carbons (Fsp3) is 0.250. The molecule has 1 atom stereocenters. The summed E-state index contributed by atoms with van der Waals surface area (Å²) in [6.45, 7) is 0.0802. The summed E-state index contributed by atoms with van der Waals surface area (Å²) >= 11 is 0. The maximum atomic E-state index is 9.76. The molecule has 0 fully saturated rings. The molecule has 0 saturated carbocycles. The van der Waals surface area contributed by atoms with Gasteiger partial charge in [0.15, 0.2) is 11.5 Å². The van der Waals surface area contributed by atoms with Crippen molar-refractivity contribution in [3.05, 3.63) is 59.7 Å². The first kappa shape index (κ1) is 13.4. The molecule has 0 aromatic heterocycles. The highest BCUT2D eigenvalue weighted by Crippen LogP contribution is 2.29. The zero-order valence-electron chi connectivity index (χ0n) is 10.9. The maximum absolute atomic E-state index is 9.76. The zero-order chi connectivity index (χ0) is 13.7. The van der Waals surface area contributed by atoms with Crippen molar-refractivity contribution in [3.8, 4) is 11.5 Å². The number of methoxy groups -OCH3 is 1. The number of phenolic OH excluding ortho intramolecular Hbond substituents is 1. The van der Waals surface area contributed by atoms with E-state index in [0.717, 1.165) is 11.1 Å². The molecule has 1 unspecified atom stereocenters. The second-order valence-electron chi connectivity index (χ2n) is 4.50. The van der Waals surface area contributed by atoms with E-state index in [1.165, 1.54) is 7.11 Å². The van der Waals surface area contributed by atoms with Gasteiger partial charge in [-0.3, -0.25) is 0 Å². The van der Waals surface area contributed by atoms with Crippen LogP contribution in [0.4, 0.5) is 0 Å². The zero-order valence-corrected chi connectivity index (χ0v) is 10.9. The molecule has 0 heterocycles. The van der Waals surface area contributed by atoms with Crippen molar-refractivity contribution in [3.63, 3.8) is 0 Å². The largest absolute Gasteiger partial charge is 0.504 e.